The molecule has 2 aromatic heterocycles. The number of nitrogens with zero attached hydrogens (tertiary/aromatic N) is 3. The highest BCUT2D eigenvalue weighted by atomic mass is 32.1. The van der Waals surface area contributed by atoms with E-state index < -0.39 is 4.92 Å². The predicted molar refractivity (Wildman–Crippen MR) is 73.7 cm³/mol. The SMILES string of the molecule is CC(=O)c1cc([N+](=O)[O-])c(Oc2c(C)nn(C)c2C)s1. The lowest BCUT2D eigenvalue weighted by atomic mass is 10.3. The Morgan fingerprint density at radius 3 is 2.60 bits per heavy atom. The maximum absolute atomic E-state index is 11.3. The van der Waals surface area contributed by atoms with E-state index in [-0.39, 0.29) is 16.5 Å². The molecule has 0 aliphatic rings. The van der Waals surface area contributed by atoms with Gasteiger partial charge in [0.1, 0.15) is 5.69 Å². The van der Waals surface area contributed by atoms with Gasteiger partial charge in [0.25, 0.3) is 5.06 Å². The Morgan fingerprint density at radius 1 is 1.50 bits per heavy atom. The molecule has 0 aliphatic heterocycles. The lowest BCUT2D eigenvalue weighted by molar-refractivity contribution is -0.385. The van der Waals surface area contributed by atoms with Crippen LogP contribution in [0.1, 0.15) is 28.0 Å². The zero-order valence-electron chi connectivity index (χ0n) is 11.5. The third-order valence-electron chi connectivity index (χ3n) is 2.86. The van der Waals surface area contributed by atoms with Crippen LogP contribution < -0.4 is 4.74 Å². The van der Waals surface area contributed by atoms with E-state index in [0.29, 0.717) is 16.3 Å². The zero-order valence-corrected chi connectivity index (χ0v) is 12.3. The molecule has 0 aliphatic carbocycles. The molecule has 20 heavy (non-hydrogen) atoms. The highest BCUT2D eigenvalue weighted by Gasteiger charge is 2.25. The van der Waals surface area contributed by atoms with Crippen LogP contribution in [0.15, 0.2) is 6.07 Å². The van der Waals surface area contributed by atoms with Crippen LogP contribution in [0.25, 0.3) is 0 Å². The fraction of sp³-hybridized carbons (Fsp3) is 0.333. The van der Waals surface area contributed by atoms with Gasteiger partial charge in [-0.05, 0) is 20.8 Å². The normalized spacial score (nSPS) is 10.6. The van der Waals surface area contributed by atoms with Crippen molar-refractivity contribution in [2.75, 3.05) is 0 Å². The summed E-state index contributed by atoms with van der Waals surface area (Å²) in [6, 6.07) is 1.24. The number of thiophene rings is 1. The smallest absolute Gasteiger partial charge is 0.323 e. The van der Waals surface area contributed by atoms with E-state index in [1.54, 1.807) is 25.6 Å². The molecule has 8 heteroatoms. The quantitative estimate of drug-likeness (QED) is 0.491. The van der Waals surface area contributed by atoms with Gasteiger partial charge in [-0.1, -0.05) is 11.3 Å². The van der Waals surface area contributed by atoms with Crippen molar-refractivity contribution in [1.82, 2.24) is 9.78 Å². The van der Waals surface area contributed by atoms with Gasteiger partial charge in [-0.2, -0.15) is 5.10 Å². The van der Waals surface area contributed by atoms with Crippen LogP contribution in [-0.4, -0.2) is 20.5 Å². The first-order valence-corrected chi connectivity index (χ1v) is 6.60. The number of carbonyl (C=O) groups is 1. The number of aryl methyl sites for hydroxylation is 2. The molecule has 106 valence electrons. The van der Waals surface area contributed by atoms with E-state index in [0.717, 1.165) is 17.0 Å². The van der Waals surface area contributed by atoms with Crippen molar-refractivity contribution < 1.29 is 14.5 Å². The van der Waals surface area contributed by atoms with Crippen LogP contribution in [0.4, 0.5) is 5.69 Å². The van der Waals surface area contributed by atoms with Crippen molar-refractivity contribution in [3.05, 3.63) is 32.4 Å². The summed E-state index contributed by atoms with van der Waals surface area (Å²) in [7, 11) is 1.76. The van der Waals surface area contributed by atoms with E-state index in [4.69, 9.17) is 4.74 Å². The molecule has 7 nitrogen and oxygen atoms in total. The summed E-state index contributed by atoms with van der Waals surface area (Å²) in [5.74, 6) is 0.250. The number of ether oxygens (including phenoxy) is 1. The highest BCUT2D eigenvalue weighted by molar-refractivity contribution is 7.16. The second kappa shape index (κ2) is 5.04. The van der Waals surface area contributed by atoms with Gasteiger partial charge in [0.15, 0.2) is 11.5 Å². The Balaban J connectivity index is 2.47. The zero-order chi connectivity index (χ0) is 15.0. The molecule has 0 saturated heterocycles. The van der Waals surface area contributed by atoms with E-state index in [1.165, 1.54) is 13.0 Å². The summed E-state index contributed by atoms with van der Waals surface area (Å²) in [5, 5.41) is 15.3. The molecule has 0 bridgehead atoms. The van der Waals surface area contributed by atoms with Crippen LogP contribution in [0.3, 0.4) is 0 Å². The number of hydrogen-bond acceptors (Lipinski definition) is 6. The van der Waals surface area contributed by atoms with Crippen molar-refractivity contribution in [2.45, 2.75) is 20.8 Å². The van der Waals surface area contributed by atoms with Crippen molar-refractivity contribution in [3.63, 3.8) is 0 Å². The Hall–Kier alpha value is -2.22. The van der Waals surface area contributed by atoms with E-state index >= 15 is 0 Å². The van der Waals surface area contributed by atoms with Crippen molar-refractivity contribution in [2.24, 2.45) is 7.05 Å². The van der Waals surface area contributed by atoms with E-state index in [2.05, 4.69) is 5.10 Å². The highest BCUT2D eigenvalue weighted by Crippen LogP contribution is 2.41. The lowest BCUT2D eigenvalue weighted by Gasteiger charge is -2.02. The fourth-order valence-corrected chi connectivity index (χ4v) is 2.61. The van der Waals surface area contributed by atoms with Gasteiger partial charge in [-0.3, -0.25) is 19.6 Å². The first-order chi connectivity index (χ1) is 9.31. The van der Waals surface area contributed by atoms with Gasteiger partial charge in [0.05, 0.1) is 15.5 Å². The van der Waals surface area contributed by atoms with Crippen molar-refractivity contribution in [3.8, 4) is 10.8 Å². The van der Waals surface area contributed by atoms with Crippen LogP contribution >= 0.6 is 11.3 Å². The summed E-state index contributed by atoms with van der Waals surface area (Å²) in [6.07, 6.45) is 0. The number of carbonyl (C=O) groups excluding carboxylic acids is 1. The van der Waals surface area contributed by atoms with Crippen LogP contribution in [0.5, 0.6) is 10.8 Å². The first kappa shape index (κ1) is 14.2. The largest absolute Gasteiger partial charge is 0.436 e. The second-order valence-electron chi connectivity index (χ2n) is 4.32. The number of rotatable bonds is 4. The monoisotopic (exact) mass is 295 g/mol. The molecule has 0 fully saturated rings. The molecule has 0 amide bonds. The molecule has 0 radical (unpaired) electrons. The maximum atomic E-state index is 11.3. The van der Waals surface area contributed by atoms with Crippen LogP contribution in [0, 0.1) is 24.0 Å². The number of ketones is 1. The van der Waals surface area contributed by atoms with Gasteiger partial charge in [0.2, 0.25) is 0 Å². The molecule has 0 saturated carbocycles. The summed E-state index contributed by atoms with van der Waals surface area (Å²) < 4.78 is 7.26. The topological polar surface area (TPSA) is 87.3 Å². The molecule has 0 spiro atoms. The van der Waals surface area contributed by atoms with E-state index in [1.807, 2.05) is 0 Å². The molecule has 0 atom stereocenters. The van der Waals surface area contributed by atoms with E-state index in [9.17, 15) is 14.9 Å². The first-order valence-electron chi connectivity index (χ1n) is 5.78. The third kappa shape index (κ3) is 2.42. The molecule has 0 unspecified atom stereocenters. The number of Topliss-reactive ketones (excluding diaryl/α,β-unsaturated/α-hetero) is 1. The van der Waals surface area contributed by atoms with Crippen LogP contribution in [-0.2, 0) is 7.05 Å². The van der Waals surface area contributed by atoms with Gasteiger partial charge in [-0.25, -0.2) is 0 Å². The lowest BCUT2D eigenvalue weighted by Crippen LogP contribution is -1.93. The summed E-state index contributed by atoms with van der Waals surface area (Å²) in [4.78, 5) is 22.1. The van der Waals surface area contributed by atoms with Gasteiger partial charge < -0.3 is 4.74 Å². The van der Waals surface area contributed by atoms with Gasteiger partial charge in [-0.15, -0.1) is 0 Å². The Kier molecular flexibility index (Phi) is 3.58. The Bertz CT molecular complexity index is 702. The molecule has 0 aromatic carbocycles. The average molecular weight is 295 g/mol. The molecular formula is C12H13N3O4S. The van der Waals surface area contributed by atoms with Gasteiger partial charge in [0, 0.05) is 13.1 Å². The minimum Gasteiger partial charge on any atom is -0.436 e. The van der Waals surface area contributed by atoms with Crippen molar-refractivity contribution >= 4 is 22.8 Å². The standard InChI is InChI=1S/C12H13N3O4S/c1-6-11(7(2)14(4)13-6)19-12-9(15(17)18)5-10(20-12)8(3)16/h5H,1-4H3. The molecule has 2 rings (SSSR count). The number of nitro groups is 1. The molecule has 2 heterocycles. The fourth-order valence-electron chi connectivity index (χ4n) is 1.73. The Morgan fingerprint density at radius 2 is 2.15 bits per heavy atom. The molecule has 0 N–H and O–H groups in total. The number of hydrogen-bond donors (Lipinski definition) is 0. The maximum Gasteiger partial charge on any atom is 0.323 e. The summed E-state index contributed by atoms with van der Waals surface area (Å²) in [5.41, 5.74) is 1.19. The minimum absolute atomic E-state index is 0.0967. The summed E-state index contributed by atoms with van der Waals surface area (Å²) in [6.45, 7) is 4.92. The summed E-state index contributed by atoms with van der Waals surface area (Å²) >= 11 is 0.967. The Labute approximate surface area is 118 Å². The molecule has 2 aromatic rings. The predicted octanol–water partition coefficient (Wildman–Crippen LogP) is 3.00. The molecular weight excluding hydrogens is 282 g/mol. The van der Waals surface area contributed by atoms with Crippen LogP contribution in [0.2, 0.25) is 0 Å². The third-order valence-corrected chi connectivity index (χ3v) is 3.96. The second-order valence-corrected chi connectivity index (χ2v) is 5.34. The van der Waals surface area contributed by atoms with Gasteiger partial charge >= 0.3 is 5.69 Å². The number of aromatic nitrogens is 2. The average Bonchev–Trinajstić information content (AvgIpc) is 2.87. The minimum atomic E-state index is -0.556. The van der Waals surface area contributed by atoms with Crippen molar-refractivity contribution in [1.29, 1.82) is 0 Å².